The Bertz CT molecular complexity index is 621. The Labute approximate surface area is 113 Å². The number of nitrogens with zero attached hydrogens (tertiary/aromatic N) is 1. The SMILES string of the molecule is Cc1ccc(Oc2cc(C(F)(F)F)ccc2C=O)cn1. The molecule has 6 heteroatoms. The second kappa shape index (κ2) is 5.32. The summed E-state index contributed by atoms with van der Waals surface area (Å²) < 4.78 is 43.2. The molecule has 1 aromatic heterocycles. The van der Waals surface area contributed by atoms with Gasteiger partial charge in [-0.25, -0.2) is 0 Å². The van der Waals surface area contributed by atoms with E-state index < -0.39 is 11.7 Å². The number of hydrogen-bond acceptors (Lipinski definition) is 3. The Balaban J connectivity index is 2.38. The van der Waals surface area contributed by atoms with Crippen LogP contribution in [0, 0.1) is 6.92 Å². The largest absolute Gasteiger partial charge is 0.455 e. The summed E-state index contributed by atoms with van der Waals surface area (Å²) in [5.41, 5.74) is -0.0891. The number of ether oxygens (including phenoxy) is 1. The highest BCUT2D eigenvalue weighted by molar-refractivity contribution is 5.79. The van der Waals surface area contributed by atoms with Crippen LogP contribution >= 0.6 is 0 Å². The molecule has 1 aromatic carbocycles. The molecule has 0 fully saturated rings. The zero-order valence-electron chi connectivity index (χ0n) is 10.4. The number of pyridine rings is 1. The standard InChI is InChI=1S/C14H10F3NO2/c1-9-2-5-12(7-18-9)20-13-6-11(14(15,16)17)4-3-10(13)8-19/h2-8H,1H3. The summed E-state index contributed by atoms with van der Waals surface area (Å²) >= 11 is 0. The van der Waals surface area contributed by atoms with Crippen LogP contribution in [0.1, 0.15) is 21.6 Å². The monoisotopic (exact) mass is 281 g/mol. The lowest BCUT2D eigenvalue weighted by Gasteiger charge is -2.11. The number of carbonyl (C=O) groups is 1. The highest BCUT2D eigenvalue weighted by atomic mass is 19.4. The first-order chi connectivity index (χ1) is 9.40. The lowest BCUT2D eigenvalue weighted by atomic mass is 10.1. The summed E-state index contributed by atoms with van der Waals surface area (Å²) in [5, 5.41) is 0. The number of alkyl halides is 3. The molecule has 0 radical (unpaired) electrons. The average Bonchev–Trinajstić information content (AvgIpc) is 2.40. The molecule has 104 valence electrons. The van der Waals surface area contributed by atoms with Crippen molar-refractivity contribution in [1.29, 1.82) is 0 Å². The van der Waals surface area contributed by atoms with E-state index >= 15 is 0 Å². The van der Waals surface area contributed by atoms with Gasteiger partial charge >= 0.3 is 6.18 Å². The zero-order valence-corrected chi connectivity index (χ0v) is 10.4. The van der Waals surface area contributed by atoms with E-state index in [1.54, 1.807) is 19.1 Å². The van der Waals surface area contributed by atoms with Gasteiger partial charge in [-0.15, -0.1) is 0 Å². The van der Waals surface area contributed by atoms with Crippen LogP contribution in [0.4, 0.5) is 13.2 Å². The maximum absolute atomic E-state index is 12.6. The normalized spacial score (nSPS) is 11.2. The first-order valence-corrected chi connectivity index (χ1v) is 5.67. The van der Waals surface area contributed by atoms with E-state index in [2.05, 4.69) is 4.98 Å². The van der Waals surface area contributed by atoms with E-state index in [-0.39, 0.29) is 17.1 Å². The maximum atomic E-state index is 12.6. The summed E-state index contributed by atoms with van der Waals surface area (Å²) in [7, 11) is 0. The van der Waals surface area contributed by atoms with Gasteiger partial charge in [0, 0.05) is 5.69 Å². The van der Waals surface area contributed by atoms with Crippen LogP contribution in [-0.4, -0.2) is 11.3 Å². The molecular weight excluding hydrogens is 271 g/mol. The Morgan fingerprint density at radius 1 is 1.20 bits per heavy atom. The third kappa shape index (κ3) is 3.14. The van der Waals surface area contributed by atoms with Crippen molar-refractivity contribution in [2.24, 2.45) is 0 Å². The molecule has 0 amide bonds. The first kappa shape index (κ1) is 14.0. The smallest absolute Gasteiger partial charge is 0.416 e. The van der Waals surface area contributed by atoms with E-state index in [0.717, 1.165) is 23.9 Å². The molecule has 0 bridgehead atoms. The summed E-state index contributed by atoms with van der Waals surface area (Å²) in [6.07, 6.45) is -2.67. The predicted octanol–water partition coefficient (Wildman–Crippen LogP) is 4.01. The number of rotatable bonds is 3. The fourth-order valence-electron chi connectivity index (χ4n) is 1.54. The second-order valence-corrected chi connectivity index (χ2v) is 4.11. The van der Waals surface area contributed by atoms with Gasteiger partial charge in [0.15, 0.2) is 6.29 Å². The molecule has 0 unspecified atom stereocenters. The van der Waals surface area contributed by atoms with Gasteiger partial charge in [0.2, 0.25) is 0 Å². The molecular formula is C14H10F3NO2. The van der Waals surface area contributed by atoms with E-state index in [4.69, 9.17) is 4.74 Å². The molecule has 0 saturated carbocycles. The van der Waals surface area contributed by atoms with Gasteiger partial charge in [-0.1, -0.05) is 0 Å². The molecule has 0 atom stereocenters. The molecule has 1 heterocycles. The van der Waals surface area contributed by atoms with E-state index in [9.17, 15) is 18.0 Å². The van der Waals surface area contributed by atoms with E-state index in [1.807, 2.05) is 0 Å². The molecule has 2 aromatic rings. The van der Waals surface area contributed by atoms with Crippen molar-refractivity contribution < 1.29 is 22.7 Å². The second-order valence-electron chi connectivity index (χ2n) is 4.11. The van der Waals surface area contributed by atoms with Crippen LogP contribution in [0.3, 0.4) is 0 Å². The minimum atomic E-state index is -4.49. The van der Waals surface area contributed by atoms with E-state index in [0.29, 0.717) is 6.29 Å². The van der Waals surface area contributed by atoms with Crippen molar-refractivity contribution in [3.05, 3.63) is 53.3 Å². The van der Waals surface area contributed by atoms with Gasteiger partial charge in [-0.3, -0.25) is 9.78 Å². The van der Waals surface area contributed by atoms with Crippen LogP contribution in [0.25, 0.3) is 0 Å². The lowest BCUT2D eigenvalue weighted by Crippen LogP contribution is -2.05. The fraction of sp³-hybridized carbons (Fsp3) is 0.143. The van der Waals surface area contributed by atoms with Gasteiger partial charge in [-0.2, -0.15) is 13.2 Å². The fourth-order valence-corrected chi connectivity index (χ4v) is 1.54. The zero-order chi connectivity index (χ0) is 14.8. The number of aryl methyl sites for hydroxylation is 1. The van der Waals surface area contributed by atoms with Crippen LogP contribution in [0.15, 0.2) is 36.5 Å². The Morgan fingerprint density at radius 2 is 1.95 bits per heavy atom. The van der Waals surface area contributed by atoms with Crippen molar-refractivity contribution in [3.63, 3.8) is 0 Å². The summed E-state index contributed by atoms with van der Waals surface area (Å²) in [5.74, 6) is 0.110. The first-order valence-electron chi connectivity index (χ1n) is 5.67. The van der Waals surface area contributed by atoms with Gasteiger partial charge in [-0.05, 0) is 37.3 Å². The molecule has 0 spiro atoms. The quantitative estimate of drug-likeness (QED) is 0.798. The third-order valence-corrected chi connectivity index (χ3v) is 2.58. The highest BCUT2D eigenvalue weighted by Gasteiger charge is 2.31. The van der Waals surface area contributed by atoms with Crippen LogP contribution < -0.4 is 4.74 Å². The van der Waals surface area contributed by atoms with Crippen molar-refractivity contribution in [2.75, 3.05) is 0 Å². The van der Waals surface area contributed by atoms with E-state index in [1.165, 1.54) is 6.20 Å². The number of benzene rings is 1. The Morgan fingerprint density at radius 3 is 2.50 bits per heavy atom. The molecule has 0 aliphatic heterocycles. The molecule has 3 nitrogen and oxygen atoms in total. The van der Waals surface area contributed by atoms with Crippen LogP contribution in [-0.2, 0) is 6.18 Å². The van der Waals surface area contributed by atoms with Crippen LogP contribution in [0.5, 0.6) is 11.5 Å². The maximum Gasteiger partial charge on any atom is 0.416 e. The van der Waals surface area contributed by atoms with Crippen molar-refractivity contribution in [3.8, 4) is 11.5 Å². The molecule has 20 heavy (non-hydrogen) atoms. The van der Waals surface area contributed by atoms with Crippen molar-refractivity contribution in [2.45, 2.75) is 13.1 Å². The van der Waals surface area contributed by atoms with Gasteiger partial charge in [0.1, 0.15) is 11.5 Å². The lowest BCUT2D eigenvalue weighted by molar-refractivity contribution is -0.137. The number of aromatic nitrogens is 1. The van der Waals surface area contributed by atoms with Gasteiger partial charge in [0.25, 0.3) is 0 Å². The Hall–Kier alpha value is -2.37. The number of hydrogen-bond donors (Lipinski definition) is 0. The van der Waals surface area contributed by atoms with Crippen molar-refractivity contribution >= 4 is 6.29 Å². The minimum absolute atomic E-state index is 0.0403. The van der Waals surface area contributed by atoms with Gasteiger partial charge in [0.05, 0.1) is 17.3 Å². The topological polar surface area (TPSA) is 39.2 Å². The predicted molar refractivity (Wildman–Crippen MR) is 65.9 cm³/mol. The number of carbonyl (C=O) groups excluding carboxylic acids is 1. The third-order valence-electron chi connectivity index (χ3n) is 2.58. The molecule has 2 rings (SSSR count). The Kier molecular flexibility index (Phi) is 3.74. The molecule has 0 N–H and O–H groups in total. The van der Waals surface area contributed by atoms with Crippen molar-refractivity contribution in [1.82, 2.24) is 4.98 Å². The molecule has 0 saturated heterocycles. The number of aldehydes is 1. The highest BCUT2D eigenvalue weighted by Crippen LogP contribution is 2.34. The average molecular weight is 281 g/mol. The molecule has 0 aliphatic rings. The van der Waals surface area contributed by atoms with Gasteiger partial charge < -0.3 is 4.74 Å². The molecule has 0 aliphatic carbocycles. The van der Waals surface area contributed by atoms with Crippen LogP contribution in [0.2, 0.25) is 0 Å². The summed E-state index contributed by atoms with van der Waals surface area (Å²) in [6, 6.07) is 5.93. The minimum Gasteiger partial charge on any atom is -0.455 e. The summed E-state index contributed by atoms with van der Waals surface area (Å²) in [4.78, 5) is 14.8. The number of halogens is 3. The summed E-state index contributed by atoms with van der Waals surface area (Å²) in [6.45, 7) is 1.77.